The summed E-state index contributed by atoms with van der Waals surface area (Å²) in [6.07, 6.45) is 0. The molecule has 0 bridgehead atoms. The molecule has 0 aliphatic carbocycles. The first-order valence-corrected chi connectivity index (χ1v) is 4.78. The van der Waals surface area contributed by atoms with Gasteiger partial charge in [-0.25, -0.2) is 0 Å². The highest BCUT2D eigenvalue weighted by molar-refractivity contribution is 5.54. The van der Waals surface area contributed by atoms with Crippen LogP contribution in [-0.4, -0.2) is 6.72 Å². The van der Waals surface area contributed by atoms with Gasteiger partial charge < -0.3 is 0 Å². The first-order valence-electron chi connectivity index (χ1n) is 4.78. The van der Waals surface area contributed by atoms with Crippen LogP contribution < -0.4 is 5.43 Å². The third-order valence-electron chi connectivity index (χ3n) is 2.30. The minimum atomic E-state index is 0.172. The highest BCUT2D eigenvalue weighted by atomic mass is 15.3. The minimum absolute atomic E-state index is 0.172. The molecule has 1 aromatic rings. The van der Waals surface area contributed by atoms with Crippen LogP contribution in [0.15, 0.2) is 23.3 Å². The van der Waals surface area contributed by atoms with Gasteiger partial charge in [-0.3, -0.25) is 5.43 Å². The van der Waals surface area contributed by atoms with E-state index < -0.39 is 0 Å². The molecule has 1 rings (SSSR count). The molecule has 0 amide bonds. The van der Waals surface area contributed by atoms with Gasteiger partial charge in [-0.2, -0.15) is 5.10 Å². The molecule has 2 heteroatoms. The quantitative estimate of drug-likeness (QED) is 0.561. The molecule has 0 aromatic heterocycles. The smallest absolute Gasteiger partial charge is 0.0593 e. The fourth-order valence-corrected chi connectivity index (χ4v) is 1.29. The lowest BCUT2D eigenvalue weighted by Crippen LogP contribution is -2.11. The van der Waals surface area contributed by atoms with Crippen molar-refractivity contribution in [2.75, 3.05) is 5.43 Å². The highest BCUT2D eigenvalue weighted by Gasteiger charge is 2.14. The second-order valence-corrected chi connectivity index (χ2v) is 4.55. The predicted octanol–water partition coefficient (Wildman–Crippen LogP) is 3.32. The lowest BCUT2D eigenvalue weighted by molar-refractivity contribution is 0.590. The topological polar surface area (TPSA) is 24.4 Å². The van der Waals surface area contributed by atoms with Crippen molar-refractivity contribution in [3.63, 3.8) is 0 Å². The van der Waals surface area contributed by atoms with Gasteiger partial charge in [0, 0.05) is 6.72 Å². The number of nitrogens with zero attached hydrogens (tertiary/aromatic N) is 1. The fraction of sp³-hybridized carbons (Fsp3) is 0.417. The fourth-order valence-electron chi connectivity index (χ4n) is 1.29. The third-order valence-corrected chi connectivity index (χ3v) is 2.30. The maximum atomic E-state index is 3.69. The van der Waals surface area contributed by atoms with Crippen LogP contribution in [0.5, 0.6) is 0 Å². The average Bonchev–Trinajstić information content (AvgIpc) is 2.07. The van der Waals surface area contributed by atoms with Crippen molar-refractivity contribution in [1.29, 1.82) is 0 Å². The van der Waals surface area contributed by atoms with Crippen LogP contribution in [0.1, 0.15) is 31.9 Å². The number of benzene rings is 1. The Morgan fingerprint density at radius 2 is 1.93 bits per heavy atom. The molecule has 76 valence electrons. The van der Waals surface area contributed by atoms with E-state index in [9.17, 15) is 0 Å². The monoisotopic (exact) mass is 190 g/mol. The van der Waals surface area contributed by atoms with Crippen molar-refractivity contribution in [2.24, 2.45) is 5.10 Å². The second-order valence-electron chi connectivity index (χ2n) is 4.55. The van der Waals surface area contributed by atoms with Gasteiger partial charge in [0.05, 0.1) is 5.69 Å². The molecule has 0 saturated heterocycles. The van der Waals surface area contributed by atoms with Gasteiger partial charge in [-0.1, -0.05) is 32.9 Å². The summed E-state index contributed by atoms with van der Waals surface area (Å²) >= 11 is 0. The Morgan fingerprint density at radius 1 is 1.29 bits per heavy atom. The van der Waals surface area contributed by atoms with Gasteiger partial charge in [-0.05, 0) is 29.5 Å². The van der Waals surface area contributed by atoms with Gasteiger partial charge in [-0.15, -0.1) is 0 Å². The van der Waals surface area contributed by atoms with E-state index in [2.05, 4.69) is 63.1 Å². The molecule has 0 fully saturated rings. The summed E-state index contributed by atoms with van der Waals surface area (Å²) in [7, 11) is 0. The summed E-state index contributed by atoms with van der Waals surface area (Å²) < 4.78 is 0. The van der Waals surface area contributed by atoms with Crippen LogP contribution in [0.25, 0.3) is 0 Å². The van der Waals surface area contributed by atoms with Gasteiger partial charge in [0.1, 0.15) is 0 Å². The van der Waals surface area contributed by atoms with Crippen LogP contribution in [0.3, 0.4) is 0 Å². The SMILES string of the molecule is C=NNc1cc(C(C)(C)C)ccc1C. The molecule has 2 nitrogen and oxygen atoms in total. The summed E-state index contributed by atoms with van der Waals surface area (Å²) in [5, 5.41) is 3.69. The Bertz CT molecular complexity index is 335. The summed E-state index contributed by atoms with van der Waals surface area (Å²) in [6.45, 7) is 12.1. The molecule has 0 atom stereocenters. The number of hydrogen-bond acceptors (Lipinski definition) is 2. The van der Waals surface area contributed by atoms with Crippen molar-refractivity contribution >= 4 is 12.4 Å². The molecule has 0 radical (unpaired) electrons. The predicted molar refractivity (Wildman–Crippen MR) is 63.1 cm³/mol. The zero-order chi connectivity index (χ0) is 10.8. The number of aryl methyl sites for hydroxylation is 1. The number of hydrogen-bond donors (Lipinski definition) is 1. The van der Waals surface area contributed by atoms with E-state index in [0.717, 1.165) is 5.69 Å². The molecule has 0 saturated carbocycles. The van der Waals surface area contributed by atoms with Crippen LogP contribution in [0.2, 0.25) is 0 Å². The van der Waals surface area contributed by atoms with Crippen LogP contribution in [-0.2, 0) is 5.41 Å². The van der Waals surface area contributed by atoms with Crippen molar-refractivity contribution in [3.8, 4) is 0 Å². The van der Waals surface area contributed by atoms with E-state index in [1.807, 2.05) is 0 Å². The first kappa shape index (κ1) is 10.8. The molecule has 1 aromatic carbocycles. The molecule has 14 heavy (non-hydrogen) atoms. The van der Waals surface area contributed by atoms with E-state index in [1.165, 1.54) is 11.1 Å². The minimum Gasteiger partial charge on any atom is -0.279 e. The van der Waals surface area contributed by atoms with Crippen molar-refractivity contribution in [2.45, 2.75) is 33.1 Å². The van der Waals surface area contributed by atoms with Crippen molar-refractivity contribution in [3.05, 3.63) is 29.3 Å². The van der Waals surface area contributed by atoms with Gasteiger partial charge in [0.25, 0.3) is 0 Å². The lowest BCUT2D eigenvalue weighted by Gasteiger charge is -2.20. The number of nitrogens with one attached hydrogen (secondary N) is 1. The maximum absolute atomic E-state index is 3.69. The molecule has 1 N–H and O–H groups in total. The van der Waals surface area contributed by atoms with E-state index in [4.69, 9.17) is 0 Å². The van der Waals surface area contributed by atoms with E-state index in [-0.39, 0.29) is 5.41 Å². The van der Waals surface area contributed by atoms with Crippen LogP contribution >= 0.6 is 0 Å². The third kappa shape index (κ3) is 2.34. The number of rotatable bonds is 2. The Hall–Kier alpha value is -1.31. The van der Waals surface area contributed by atoms with Crippen molar-refractivity contribution in [1.82, 2.24) is 0 Å². The van der Waals surface area contributed by atoms with Crippen LogP contribution in [0.4, 0.5) is 5.69 Å². The maximum Gasteiger partial charge on any atom is 0.0593 e. The number of hydrazone groups is 1. The highest BCUT2D eigenvalue weighted by Crippen LogP contribution is 2.26. The van der Waals surface area contributed by atoms with Gasteiger partial charge in [0.15, 0.2) is 0 Å². The Kier molecular flexibility index (Phi) is 2.94. The van der Waals surface area contributed by atoms with Crippen molar-refractivity contribution < 1.29 is 0 Å². The largest absolute Gasteiger partial charge is 0.279 e. The molecule has 0 heterocycles. The standard InChI is InChI=1S/C12H18N2/c1-9-6-7-10(12(2,3)4)8-11(9)14-13-5/h6-8,14H,5H2,1-4H3. The first-order chi connectivity index (χ1) is 6.45. The molecule has 0 aliphatic heterocycles. The second kappa shape index (κ2) is 3.82. The summed E-state index contributed by atoms with van der Waals surface area (Å²) in [6, 6.07) is 6.39. The Morgan fingerprint density at radius 3 is 2.43 bits per heavy atom. The Balaban J connectivity index is 3.12. The molecule has 0 unspecified atom stereocenters. The molecule has 0 aliphatic rings. The molecular weight excluding hydrogens is 172 g/mol. The average molecular weight is 190 g/mol. The molecular formula is C12H18N2. The normalized spacial score (nSPS) is 11.1. The molecule has 0 spiro atoms. The van der Waals surface area contributed by atoms with Gasteiger partial charge >= 0.3 is 0 Å². The lowest BCUT2D eigenvalue weighted by atomic mass is 9.86. The van der Waals surface area contributed by atoms with E-state index >= 15 is 0 Å². The zero-order valence-corrected chi connectivity index (χ0v) is 9.39. The van der Waals surface area contributed by atoms with E-state index in [0.29, 0.717) is 0 Å². The Labute approximate surface area is 86.0 Å². The zero-order valence-electron chi connectivity index (χ0n) is 9.39. The summed E-state index contributed by atoms with van der Waals surface area (Å²) in [5.74, 6) is 0. The summed E-state index contributed by atoms with van der Waals surface area (Å²) in [5.41, 5.74) is 6.59. The van der Waals surface area contributed by atoms with Gasteiger partial charge in [0.2, 0.25) is 0 Å². The van der Waals surface area contributed by atoms with E-state index in [1.54, 1.807) is 0 Å². The number of anilines is 1. The summed E-state index contributed by atoms with van der Waals surface area (Å²) in [4.78, 5) is 0. The van der Waals surface area contributed by atoms with Crippen LogP contribution in [0, 0.1) is 6.92 Å².